The summed E-state index contributed by atoms with van der Waals surface area (Å²) in [6.45, 7) is 0. The Bertz CT molecular complexity index is 3190. The smallest absolute Gasteiger partial charge is 0.136 e. The van der Waals surface area contributed by atoms with Crippen molar-refractivity contribution in [3.8, 4) is 33.4 Å². The largest absolute Gasteiger partial charge is 0.456 e. The molecule has 0 spiro atoms. The Morgan fingerprint density at radius 1 is 0.268 bits per heavy atom. The lowest BCUT2D eigenvalue weighted by molar-refractivity contribution is 0.669. The highest BCUT2D eigenvalue weighted by Crippen LogP contribution is 2.45. The first-order valence-electron chi connectivity index (χ1n) is 19.2. The molecule has 0 saturated heterocycles. The fourth-order valence-electron chi connectivity index (χ4n) is 8.67. The average Bonchev–Trinajstić information content (AvgIpc) is 3.66. The number of para-hydroxylation sites is 1. The zero-order valence-corrected chi connectivity index (χ0v) is 30.6. The minimum absolute atomic E-state index is 0.918. The number of fused-ring (bicyclic) bond motifs is 10. The summed E-state index contributed by atoms with van der Waals surface area (Å²) in [6, 6.07) is 76.3. The molecular formula is C54H35NO. The van der Waals surface area contributed by atoms with Gasteiger partial charge in [-0.2, -0.15) is 0 Å². The normalized spacial score (nSPS) is 11.6. The minimum Gasteiger partial charge on any atom is -0.456 e. The molecule has 0 saturated carbocycles. The number of furan rings is 1. The molecule has 0 N–H and O–H groups in total. The van der Waals surface area contributed by atoms with Gasteiger partial charge in [-0.05, 0) is 115 Å². The SMILES string of the molecule is c1ccc(-c2ccc(N(c3ccc(-c4cccc5c6ccc7oc8ccccc8c7c6c6ccccc6c45)cc3)c3cccc(-c4ccccc4)c3)cc2)cc1. The van der Waals surface area contributed by atoms with Crippen LogP contribution in [0.4, 0.5) is 17.1 Å². The van der Waals surface area contributed by atoms with Gasteiger partial charge in [0.25, 0.3) is 0 Å². The molecule has 0 aliphatic rings. The van der Waals surface area contributed by atoms with Crippen LogP contribution < -0.4 is 4.90 Å². The predicted molar refractivity (Wildman–Crippen MR) is 237 cm³/mol. The van der Waals surface area contributed by atoms with E-state index in [-0.39, 0.29) is 0 Å². The second-order valence-electron chi connectivity index (χ2n) is 14.4. The number of nitrogens with zero attached hydrogens (tertiary/aromatic N) is 1. The van der Waals surface area contributed by atoms with Crippen molar-refractivity contribution in [2.45, 2.75) is 0 Å². The minimum atomic E-state index is 0.918. The number of anilines is 3. The summed E-state index contributed by atoms with van der Waals surface area (Å²) in [5.74, 6) is 0. The molecule has 11 aromatic rings. The summed E-state index contributed by atoms with van der Waals surface area (Å²) in [5, 5.41) is 9.79. The molecule has 0 radical (unpaired) electrons. The van der Waals surface area contributed by atoms with E-state index in [0.717, 1.165) is 33.6 Å². The molecule has 0 amide bonds. The fraction of sp³-hybridized carbons (Fsp3) is 0. The van der Waals surface area contributed by atoms with Crippen LogP contribution in [0.1, 0.15) is 0 Å². The predicted octanol–water partition coefficient (Wildman–Crippen LogP) is 15.5. The van der Waals surface area contributed by atoms with Crippen LogP contribution in [0.5, 0.6) is 0 Å². The van der Waals surface area contributed by atoms with E-state index in [1.807, 2.05) is 6.07 Å². The van der Waals surface area contributed by atoms with E-state index in [1.165, 1.54) is 71.1 Å². The number of hydrogen-bond donors (Lipinski definition) is 0. The number of rotatable bonds is 6. The lowest BCUT2D eigenvalue weighted by Crippen LogP contribution is -2.10. The van der Waals surface area contributed by atoms with Gasteiger partial charge in [-0.25, -0.2) is 0 Å². The second kappa shape index (κ2) is 13.2. The summed E-state index contributed by atoms with van der Waals surface area (Å²) in [5.41, 5.74) is 12.3. The Hall–Kier alpha value is -7.42. The zero-order chi connectivity index (χ0) is 37.0. The molecule has 2 nitrogen and oxygen atoms in total. The van der Waals surface area contributed by atoms with Gasteiger partial charge in [0.1, 0.15) is 11.2 Å². The van der Waals surface area contributed by atoms with Gasteiger partial charge < -0.3 is 9.32 Å². The summed E-state index contributed by atoms with van der Waals surface area (Å²) in [6.07, 6.45) is 0. The molecule has 1 aromatic heterocycles. The van der Waals surface area contributed by atoms with E-state index in [0.29, 0.717) is 0 Å². The fourth-order valence-corrected chi connectivity index (χ4v) is 8.67. The molecule has 1 heterocycles. The number of benzene rings is 10. The quantitative estimate of drug-likeness (QED) is 0.160. The Balaban J connectivity index is 1.07. The molecule has 11 rings (SSSR count). The Morgan fingerprint density at radius 3 is 1.46 bits per heavy atom. The highest BCUT2D eigenvalue weighted by atomic mass is 16.3. The summed E-state index contributed by atoms with van der Waals surface area (Å²) in [4.78, 5) is 2.36. The van der Waals surface area contributed by atoms with Crippen molar-refractivity contribution in [2.24, 2.45) is 0 Å². The van der Waals surface area contributed by atoms with Crippen LogP contribution in [0.15, 0.2) is 217 Å². The van der Waals surface area contributed by atoms with Crippen molar-refractivity contribution >= 4 is 71.3 Å². The van der Waals surface area contributed by atoms with Crippen LogP contribution in [0.2, 0.25) is 0 Å². The van der Waals surface area contributed by atoms with Crippen molar-refractivity contribution in [1.82, 2.24) is 0 Å². The van der Waals surface area contributed by atoms with Crippen molar-refractivity contribution < 1.29 is 4.42 Å². The molecule has 56 heavy (non-hydrogen) atoms. The zero-order valence-electron chi connectivity index (χ0n) is 30.6. The average molecular weight is 714 g/mol. The topological polar surface area (TPSA) is 16.4 Å². The maximum absolute atomic E-state index is 6.36. The van der Waals surface area contributed by atoms with Crippen molar-refractivity contribution in [3.05, 3.63) is 212 Å². The Morgan fingerprint density at radius 2 is 0.768 bits per heavy atom. The van der Waals surface area contributed by atoms with Crippen LogP contribution in [-0.4, -0.2) is 0 Å². The first kappa shape index (κ1) is 32.0. The van der Waals surface area contributed by atoms with Gasteiger partial charge in [0.15, 0.2) is 0 Å². The summed E-state index contributed by atoms with van der Waals surface area (Å²) in [7, 11) is 0. The lowest BCUT2D eigenvalue weighted by atomic mass is 9.88. The second-order valence-corrected chi connectivity index (χ2v) is 14.4. The first-order chi connectivity index (χ1) is 27.8. The van der Waals surface area contributed by atoms with E-state index in [9.17, 15) is 0 Å². The van der Waals surface area contributed by atoms with Crippen molar-refractivity contribution in [1.29, 1.82) is 0 Å². The van der Waals surface area contributed by atoms with Crippen LogP contribution >= 0.6 is 0 Å². The number of hydrogen-bond acceptors (Lipinski definition) is 2. The molecule has 10 aromatic carbocycles. The highest BCUT2D eigenvalue weighted by Gasteiger charge is 2.19. The van der Waals surface area contributed by atoms with Gasteiger partial charge in [0.2, 0.25) is 0 Å². The summed E-state index contributed by atoms with van der Waals surface area (Å²) >= 11 is 0. The first-order valence-corrected chi connectivity index (χ1v) is 19.2. The molecule has 0 unspecified atom stereocenters. The molecule has 0 aliphatic heterocycles. The Kier molecular flexibility index (Phi) is 7.53. The van der Waals surface area contributed by atoms with Gasteiger partial charge in [0.05, 0.1) is 0 Å². The van der Waals surface area contributed by atoms with E-state index in [4.69, 9.17) is 4.42 Å². The molecule has 0 fully saturated rings. The third kappa shape index (κ3) is 5.26. The van der Waals surface area contributed by atoms with E-state index in [2.05, 4.69) is 211 Å². The third-order valence-corrected chi connectivity index (χ3v) is 11.2. The Labute approximate surface area is 325 Å². The molecule has 2 heteroatoms. The molecule has 0 bridgehead atoms. The van der Waals surface area contributed by atoms with Crippen molar-refractivity contribution in [2.75, 3.05) is 4.90 Å². The monoisotopic (exact) mass is 713 g/mol. The maximum atomic E-state index is 6.36. The van der Waals surface area contributed by atoms with Gasteiger partial charge in [-0.3, -0.25) is 0 Å². The molecule has 0 atom stereocenters. The van der Waals surface area contributed by atoms with Crippen LogP contribution in [-0.2, 0) is 0 Å². The lowest BCUT2D eigenvalue weighted by Gasteiger charge is -2.26. The third-order valence-electron chi connectivity index (χ3n) is 11.2. The molecule has 0 aliphatic carbocycles. The molecule has 262 valence electrons. The standard InChI is InChI=1S/C54H35NO/c1-3-13-36(14-4-1)38-25-29-41(30-26-38)55(43-18-11-17-40(35-43)37-15-5-2-6-16-37)42-31-27-39(28-32-42)44-22-12-23-46-48-33-34-51-54(49-21-9-10-24-50(49)56-51)53(48)47-20-8-7-19-45(47)52(44)46/h1-35H. The van der Waals surface area contributed by atoms with Gasteiger partial charge in [-0.1, -0.05) is 158 Å². The van der Waals surface area contributed by atoms with Gasteiger partial charge >= 0.3 is 0 Å². The van der Waals surface area contributed by atoms with Gasteiger partial charge in [0, 0.05) is 33.2 Å². The highest BCUT2D eigenvalue weighted by molar-refractivity contribution is 6.36. The van der Waals surface area contributed by atoms with E-state index < -0.39 is 0 Å². The van der Waals surface area contributed by atoms with E-state index in [1.54, 1.807) is 0 Å². The van der Waals surface area contributed by atoms with Crippen LogP contribution in [0, 0.1) is 0 Å². The van der Waals surface area contributed by atoms with Crippen LogP contribution in [0.3, 0.4) is 0 Å². The van der Waals surface area contributed by atoms with Gasteiger partial charge in [-0.15, -0.1) is 0 Å². The van der Waals surface area contributed by atoms with Crippen molar-refractivity contribution in [3.63, 3.8) is 0 Å². The summed E-state index contributed by atoms with van der Waals surface area (Å²) < 4.78 is 6.36. The van der Waals surface area contributed by atoms with Crippen LogP contribution in [0.25, 0.3) is 87.6 Å². The maximum Gasteiger partial charge on any atom is 0.136 e. The molecular weight excluding hydrogens is 679 g/mol. The van der Waals surface area contributed by atoms with E-state index >= 15 is 0 Å².